The zero-order valence-electron chi connectivity index (χ0n) is 14.9. The molecule has 2 amide bonds. The SMILES string of the molecule is Cc1cc(C)c(NC(=O)/C(C#N)=C\NC(=O)c2ccc(N)cc2)c(C)c1. The summed E-state index contributed by atoms with van der Waals surface area (Å²) in [7, 11) is 0. The number of benzene rings is 2. The summed E-state index contributed by atoms with van der Waals surface area (Å²) in [5, 5.41) is 14.4. The Hall–Kier alpha value is -3.59. The van der Waals surface area contributed by atoms with Gasteiger partial charge in [0.2, 0.25) is 0 Å². The third-order valence-electron chi connectivity index (χ3n) is 3.80. The average molecular weight is 348 g/mol. The van der Waals surface area contributed by atoms with Crippen LogP contribution in [-0.2, 0) is 4.79 Å². The summed E-state index contributed by atoms with van der Waals surface area (Å²) in [6.07, 6.45) is 1.10. The minimum atomic E-state index is -0.583. The Kier molecular flexibility index (Phi) is 5.76. The number of hydrogen-bond donors (Lipinski definition) is 3. The van der Waals surface area contributed by atoms with Crippen LogP contribution in [0.1, 0.15) is 27.0 Å². The number of nitrogens with one attached hydrogen (secondary N) is 2. The van der Waals surface area contributed by atoms with E-state index >= 15 is 0 Å². The fraction of sp³-hybridized carbons (Fsp3) is 0.150. The summed E-state index contributed by atoms with van der Waals surface area (Å²) < 4.78 is 0. The third kappa shape index (κ3) is 4.48. The number of carbonyl (C=O) groups is 2. The Morgan fingerprint density at radius 2 is 1.65 bits per heavy atom. The maximum atomic E-state index is 12.4. The summed E-state index contributed by atoms with van der Waals surface area (Å²) in [4.78, 5) is 24.4. The maximum absolute atomic E-state index is 12.4. The zero-order chi connectivity index (χ0) is 19.3. The molecule has 6 heteroatoms. The number of carbonyl (C=O) groups excluding carboxylic acids is 2. The first-order valence-electron chi connectivity index (χ1n) is 7.97. The van der Waals surface area contributed by atoms with Crippen molar-refractivity contribution in [1.82, 2.24) is 5.32 Å². The molecule has 2 aromatic carbocycles. The van der Waals surface area contributed by atoms with Crippen molar-refractivity contribution in [2.75, 3.05) is 11.1 Å². The first kappa shape index (κ1) is 18.7. The molecule has 0 atom stereocenters. The normalized spacial score (nSPS) is 10.8. The predicted molar refractivity (Wildman–Crippen MR) is 101 cm³/mol. The van der Waals surface area contributed by atoms with E-state index in [9.17, 15) is 14.9 Å². The Balaban J connectivity index is 2.13. The van der Waals surface area contributed by atoms with Gasteiger partial charge >= 0.3 is 0 Å². The number of nitriles is 1. The smallest absolute Gasteiger partial charge is 0.267 e. The molecular formula is C20H20N4O2. The van der Waals surface area contributed by atoms with Crippen molar-refractivity contribution in [2.24, 2.45) is 0 Å². The van der Waals surface area contributed by atoms with Crippen LogP contribution in [0.4, 0.5) is 11.4 Å². The van der Waals surface area contributed by atoms with Gasteiger partial charge in [0.25, 0.3) is 11.8 Å². The highest BCUT2D eigenvalue weighted by atomic mass is 16.2. The van der Waals surface area contributed by atoms with E-state index < -0.39 is 11.8 Å². The molecule has 2 aromatic rings. The molecule has 0 saturated heterocycles. The lowest BCUT2D eigenvalue weighted by Gasteiger charge is -2.12. The van der Waals surface area contributed by atoms with Gasteiger partial charge in [0.05, 0.1) is 0 Å². The summed E-state index contributed by atoms with van der Waals surface area (Å²) in [5.41, 5.74) is 9.84. The second-order valence-electron chi connectivity index (χ2n) is 5.99. The maximum Gasteiger partial charge on any atom is 0.267 e. The predicted octanol–water partition coefficient (Wildman–Crippen LogP) is 2.97. The van der Waals surface area contributed by atoms with Gasteiger partial charge < -0.3 is 16.4 Å². The lowest BCUT2D eigenvalue weighted by Crippen LogP contribution is -2.21. The first-order valence-corrected chi connectivity index (χ1v) is 7.97. The van der Waals surface area contributed by atoms with Crippen LogP contribution in [0.25, 0.3) is 0 Å². The van der Waals surface area contributed by atoms with Gasteiger partial charge in [-0.05, 0) is 56.2 Å². The van der Waals surface area contributed by atoms with E-state index in [0.29, 0.717) is 16.9 Å². The minimum absolute atomic E-state index is 0.201. The van der Waals surface area contributed by atoms with Gasteiger partial charge in [-0.3, -0.25) is 9.59 Å². The molecule has 0 aliphatic carbocycles. The van der Waals surface area contributed by atoms with Crippen LogP contribution in [0.5, 0.6) is 0 Å². The quantitative estimate of drug-likeness (QED) is 0.448. The van der Waals surface area contributed by atoms with Crippen molar-refractivity contribution in [3.05, 3.63) is 70.4 Å². The number of rotatable bonds is 4. The van der Waals surface area contributed by atoms with Gasteiger partial charge in [-0.1, -0.05) is 17.7 Å². The molecule has 0 heterocycles. The van der Waals surface area contributed by atoms with Gasteiger partial charge in [0.15, 0.2) is 0 Å². The van der Waals surface area contributed by atoms with Gasteiger partial charge in [-0.2, -0.15) is 5.26 Å². The standard InChI is InChI=1S/C20H20N4O2/c1-12-8-13(2)18(14(3)9-12)24-20(26)16(10-21)11-23-19(25)15-4-6-17(22)7-5-15/h4-9,11H,22H2,1-3H3,(H,23,25)(H,24,26)/b16-11-. The molecule has 0 aromatic heterocycles. The van der Waals surface area contributed by atoms with Gasteiger partial charge in [0, 0.05) is 23.1 Å². The Morgan fingerprint density at radius 3 is 2.19 bits per heavy atom. The largest absolute Gasteiger partial charge is 0.399 e. The second-order valence-corrected chi connectivity index (χ2v) is 5.99. The number of nitrogens with zero attached hydrogens (tertiary/aromatic N) is 1. The molecule has 0 fully saturated rings. The topological polar surface area (TPSA) is 108 Å². The third-order valence-corrected chi connectivity index (χ3v) is 3.80. The molecule has 6 nitrogen and oxygen atoms in total. The highest BCUT2D eigenvalue weighted by Crippen LogP contribution is 2.22. The fourth-order valence-electron chi connectivity index (χ4n) is 2.56. The summed E-state index contributed by atoms with van der Waals surface area (Å²) in [6.45, 7) is 5.74. The molecule has 0 radical (unpaired) electrons. The Bertz CT molecular complexity index is 899. The Labute approximate surface area is 152 Å². The fourth-order valence-corrected chi connectivity index (χ4v) is 2.56. The number of amides is 2. The molecule has 132 valence electrons. The van der Waals surface area contributed by atoms with Crippen molar-refractivity contribution < 1.29 is 9.59 Å². The molecule has 0 saturated carbocycles. The second kappa shape index (κ2) is 7.99. The van der Waals surface area contributed by atoms with Gasteiger partial charge in [-0.15, -0.1) is 0 Å². The van der Waals surface area contributed by atoms with E-state index in [4.69, 9.17) is 5.73 Å². The van der Waals surface area contributed by atoms with Crippen LogP contribution >= 0.6 is 0 Å². The van der Waals surface area contributed by atoms with E-state index in [1.807, 2.05) is 32.9 Å². The van der Waals surface area contributed by atoms with Crippen molar-refractivity contribution >= 4 is 23.2 Å². The summed E-state index contributed by atoms with van der Waals surface area (Å²) in [5.74, 6) is -1.02. The van der Waals surface area contributed by atoms with Crippen molar-refractivity contribution in [3.8, 4) is 6.07 Å². The average Bonchev–Trinajstić information content (AvgIpc) is 2.59. The van der Waals surface area contributed by atoms with Crippen LogP contribution in [0.15, 0.2) is 48.2 Å². The van der Waals surface area contributed by atoms with Crippen molar-refractivity contribution in [3.63, 3.8) is 0 Å². The highest BCUT2D eigenvalue weighted by Gasteiger charge is 2.13. The lowest BCUT2D eigenvalue weighted by molar-refractivity contribution is -0.112. The lowest BCUT2D eigenvalue weighted by atomic mass is 10.0. The molecule has 0 spiro atoms. The van der Waals surface area contributed by atoms with Gasteiger partial charge in [-0.25, -0.2) is 0 Å². The van der Waals surface area contributed by atoms with E-state index in [0.717, 1.165) is 22.9 Å². The number of nitrogens with two attached hydrogens (primary N) is 1. The molecule has 0 unspecified atom stereocenters. The van der Waals surface area contributed by atoms with Crippen LogP contribution in [-0.4, -0.2) is 11.8 Å². The summed E-state index contributed by atoms with van der Waals surface area (Å²) in [6, 6.07) is 12.0. The van der Waals surface area contributed by atoms with Crippen LogP contribution in [0, 0.1) is 32.1 Å². The number of aryl methyl sites for hydroxylation is 3. The van der Waals surface area contributed by atoms with Crippen LogP contribution in [0.2, 0.25) is 0 Å². The summed E-state index contributed by atoms with van der Waals surface area (Å²) >= 11 is 0. The molecule has 0 aliphatic rings. The van der Waals surface area contributed by atoms with Gasteiger partial charge in [0.1, 0.15) is 11.6 Å². The van der Waals surface area contributed by atoms with Crippen LogP contribution in [0.3, 0.4) is 0 Å². The molecule has 0 bridgehead atoms. The zero-order valence-corrected chi connectivity index (χ0v) is 14.9. The monoisotopic (exact) mass is 348 g/mol. The molecule has 26 heavy (non-hydrogen) atoms. The van der Waals surface area contributed by atoms with Crippen molar-refractivity contribution in [2.45, 2.75) is 20.8 Å². The number of nitrogen functional groups attached to an aromatic ring is 1. The molecule has 0 aliphatic heterocycles. The Morgan fingerprint density at radius 1 is 1.08 bits per heavy atom. The van der Waals surface area contributed by atoms with Crippen LogP contribution < -0.4 is 16.4 Å². The molecular weight excluding hydrogens is 328 g/mol. The molecule has 4 N–H and O–H groups in total. The van der Waals surface area contributed by atoms with E-state index in [-0.39, 0.29) is 5.57 Å². The number of hydrogen-bond acceptors (Lipinski definition) is 4. The van der Waals surface area contributed by atoms with Crippen molar-refractivity contribution in [1.29, 1.82) is 5.26 Å². The van der Waals surface area contributed by atoms with E-state index in [1.165, 1.54) is 0 Å². The highest BCUT2D eigenvalue weighted by molar-refractivity contribution is 6.07. The molecule has 2 rings (SSSR count). The van der Waals surface area contributed by atoms with E-state index in [1.54, 1.807) is 30.3 Å². The van der Waals surface area contributed by atoms with E-state index in [2.05, 4.69) is 10.6 Å². The first-order chi connectivity index (χ1) is 12.3. The minimum Gasteiger partial charge on any atom is -0.399 e. The number of anilines is 2.